The van der Waals surface area contributed by atoms with Crippen molar-refractivity contribution in [1.29, 1.82) is 0 Å². The highest BCUT2D eigenvalue weighted by molar-refractivity contribution is 7.90. The number of amides is 1. The highest BCUT2D eigenvalue weighted by Gasteiger charge is 2.25. The van der Waals surface area contributed by atoms with E-state index in [2.05, 4.69) is 0 Å². The van der Waals surface area contributed by atoms with E-state index in [0.29, 0.717) is 38.3 Å². The smallest absolute Gasteiger partial charge is 0.288 e. The molecule has 0 aromatic heterocycles. The summed E-state index contributed by atoms with van der Waals surface area (Å²) in [6.45, 7) is 4.26. The first kappa shape index (κ1) is 18.2. The summed E-state index contributed by atoms with van der Waals surface area (Å²) in [6.07, 6.45) is 2.18. The molecule has 0 N–H and O–H groups in total. The summed E-state index contributed by atoms with van der Waals surface area (Å²) in [5, 5.41) is 11.0. The standard InChI is InChI=1S/C15H21N3O5S/c1-3-15(19)17-8-4-7-16(9-10-17)12-5-6-13(18(20)21)14(11-12)24(2,22)23/h5-6,11H,3-4,7-10H2,1-2H3. The molecule has 8 nitrogen and oxygen atoms in total. The topological polar surface area (TPSA) is 101 Å². The van der Waals surface area contributed by atoms with E-state index in [1.807, 2.05) is 11.8 Å². The molecule has 0 aliphatic carbocycles. The molecule has 1 aliphatic heterocycles. The second kappa shape index (κ2) is 7.16. The van der Waals surface area contributed by atoms with Crippen LogP contribution in [0.2, 0.25) is 0 Å². The Balaban J connectivity index is 2.29. The number of nitro benzene ring substituents is 1. The van der Waals surface area contributed by atoms with E-state index >= 15 is 0 Å². The Morgan fingerprint density at radius 3 is 2.54 bits per heavy atom. The van der Waals surface area contributed by atoms with Gasteiger partial charge in [-0.2, -0.15) is 0 Å². The van der Waals surface area contributed by atoms with Gasteiger partial charge in [0.1, 0.15) is 4.90 Å². The number of benzene rings is 1. The lowest BCUT2D eigenvalue weighted by molar-refractivity contribution is -0.387. The SMILES string of the molecule is CCC(=O)N1CCCN(c2ccc([N+](=O)[O-])c(S(C)(=O)=O)c2)CC1. The van der Waals surface area contributed by atoms with E-state index in [-0.39, 0.29) is 10.8 Å². The first-order valence-corrected chi connectivity index (χ1v) is 9.64. The Morgan fingerprint density at radius 1 is 1.25 bits per heavy atom. The quantitative estimate of drug-likeness (QED) is 0.598. The second-order valence-corrected chi connectivity index (χ2v) is 7.74. The number of carbonyl (C=O) groups is 1. The van der Waals surface area contributed by atoms with Crippen LogP contribution < -0.4 is 4.90 Å². The fourth-order valence-electron chi connectivity index (χ4n) is 2.80. The van der Waals surface area contributed by atoms with Crippen LogP contribution in [0.3, 0.4) is 0 Å². The summed E-state index contributed by atoms with van der Waals surface area (Å²) >= 11 is 0. The van der Waals surface area contributed by atoms with Gasteiger partial charge in [0.15, 0.2) is 9.84 Å². The molecule has 0 unspecified atom stereocenters. The van der Waals surface area contributed by atoms with Crippen LogP contribution in [0.15, 0.2) is 23.1 Å². The lowest BCUT2D eigenvalue weighted by atomic mass is 10.2. The molecule has 1 aliphatic rings. The largest absolute Gasteiger partial charge is 0.370 e. The molecule has 0 radical (unpaired) electrons. The minimum absolute atomic E-state index is 0.0948. The van der Waals surface area contributed by atoms with Crippen LogP contribution in [0.4, 0.5) is 11.4 Å². The summed E-state index contributed by atoms with van der Waals surface area (Å²) in [5.41, 5.74) is 0.200. The Bertz CT molecular complexity index is 747. The molecule has 132 valence electrons. The third kappa shape index (κ3) is 4.02. The fraction of sp³-hybridized carbons (Fsp3) is 0.533. The number of rotatable bonds is 4. The molecular formula is C15H21N3O5S. The molecule has 9 heteroatoms. The molecular weight excluding hydrogens is 334 g/mol. The minimum Gasteiger partial charge on any atom is -0.370 e. The van der Waals surface area contributed by atoms with Crippen molar-refractivity contribution in [3.8, 4) is 0 Å². The summed E-state index contributed by atoms with van der Waals surface area (Å²) in [6, 6.07) is 4.14. The number of carbonyl (C=O) groups excluding carboxylic acids is 1. The van der Waals surface area contributed by atoms with Crippen molar-refractivity contribution in [1.82, 2.24) is 4.90 Å². The predicted molar refractivity (Wildman–Crippen MR) is 89.9 cm³/mol. The Morgan fingerprint density at radius 2 is 1.96 bits per heavy atom. The van der Waals surface area contributed by atoms with Crippen molar-refractivity contribution in [2.75, 3.05) is 37.3 Å². The van der Waals surface area contributed by atoms with Crippen LogP contribution >= 0.6 is 0 Å². The van der Waals surface area contributed by atoms with Gasteiger partial charge in [0.2, 0.25) is 5.91 Å². The highest BCUT2D eigenvalue weighted by Crippen LogP contribution is 2.29. The van der Waals surface area contributed by atoms with Crippen molar-refractivity contribution in [2.24, 2.45) is 0 Å². The van der Waals surface area contributed by atoms with E-state index < -0.39 is 20.4 Å². The molecule has 1 saturated heterocycles. The Hall–Kier alpha value is -2.16. The summed E-state index contributed by atoms with van der Waals surface area (Å²) in [7, 11) is -3.71. The van der Waals surface area contributed by atoms with Gasteiger partial charge in [0, 0.05) is 50.6 Å². The fourth-order valence-corrected chi connectivity index (χ4v) is 3.65. The van der Waals surface area contributed by atoms with Crippen LogP contribution in [-0.4, -0.2) is 56.6 Å². The van der Waals surface area contributed by atoms with Crippen molar-refractivity contribution < 1.29 is 18.1 Å². The van der Waals surface area contributed by atoms with E-state index in [1.54, 1.807) is 11.0 Å². The van der Waals surface area contributed by atoms with Gasteiger partial charge < -0.3 is 9.80 Å². The molecule has 0 atom stereocenters. The molecule has 1 fully saturated rings. The van der Waals surface area contributed by atoms with Crippen LogP contribution in [0.1, 0.15) is 19.8 Å². The van der Waals surface area contributed by atoms with E-state index in [1.165, 1.54) is 12.1 Å². The molecule has 1 heterocycles. The van der Waals surface area contributed by atoms with Gasteiger partial charge >= 0.3 is 0 Å². The highest BCUT2D eigenvalue weighted by atomic mass is 32.2. The third-order valence-corrected chi connectivity index (χ3v) is 5.18. The third-order valence-electron chi connectivity index (χ3n) is 4.06. The van der Waals surface area contributed by atoms with E-state index in [0.717, 1.165) is 12.7 Å². The van der Waals surface area contributed by atoms with Crippen LogP contribution in [0.25, 0.3) is 0 Å². The van der Waals surface area contributed by atoms with E-state index in [4.69, 9.17) is 0 Å². The molecule has 1 aromatic carbocycles. The number of sulfone groups is 1. The monoisotopic (exact) mass is 355 g/mol. The molecule has 0 bridgehead atoms. The van der Waals surface area contributed by atoms with Crippen LogP contribution in [0.5, 0.6) is 0 Å². The number of nitro groups is 1. The molecule has 0 saturated carbocycles. The number of anilines is 1. The summed E-state index contributed by atoms with van der Waals surface area (Å²) in [4.78, 5) is 25.6. The van der Waals surface area contributed by atoms with Gasteiger partial charge in [-0.05, 0) is 18.6 Å². The molecule has 2 rings (SSSR count). The Kier molecular flexibility index (Phi) is 5.43. The van der Waals surface area contributed by atoms with Gasteiger partial charge in [-0.25, -0.2) is 8.42 Å². The summed E-state index contributed by atoms with van der Waals surface area (Å²) < 4.78 is 23.7. The lowest BCUT2D eigenvalue weighted by Crippen LogP contribution is -2.34. The van der Waals surface area contributed by atoms with Crippen molar-refractivity contribution in [2.45, 2.75) is 24.7 Å². The van der Waals surface area contributed by atoms with Crippen LogP contribution in [-0.2, 0) is 14.6 Å². The van der Waals surface area contributed by atoms with Gasteiger partial charge in [-0.1, -0.05) is 6.92 Å². The van der Waals surface area contributed by atoms with E-state index in [9.17, 15) is 23.3 Å². The van der Waals surface area contributed by atoms with Crippen molar-refractivity contribution >= 4 is 27.1 Å². The zero-order valence-electron chi connectivity index (χ0n) is 13.8. The van der Waals surface area contributed by atoms with Crippen molar-refractivity contribution in [3.63, 3.8) is 0 Å². The van der Waals surface area contributed by atoms with Crippen molar-refractivity contribution in [3.05, 3.63) is 28.3 Å². The average Bonchev–Trinajstić information content (AvgIpc) is 2.78. The number of hydrogen-bond donors (Lipinski definition) is 0. The second-order valence-electron chi connectivity index (χ2n) is 5.76. The van der Waals surface area contributed by atoms with Gasteiger partial charge in [-0.3, -0.25) is 14.9 Å². The molecule has 0 spiro atoms. The predicted octanol–water partition coefficient (Wildman–Crippen LogP) is 1.45. The summed E-state index contributed by atoms with van der Waals surface area (Å²) in [5.74, 6) is 0.0948. The first-order chi connectivity index (χ1) is 11.2. The zero-order valence-corrected chi connectivity index (χ0v) is 14.6. The molecule has 24 heavy (non-hydrogen) atoms. The molecule has 1 aromatic rings. The number of nitrogens with zero attached hydrogens (tertiary/aromatic N) is 3. The maximum atomic E-state index is 11.9. The van der Waals surface area contributed by atoms with Gasteiger partial charge in [-0.15, -0.1) is 0 Å². The van der Waals surface area contributed by atoms with Gasteiger partial charge in [0.05, 0.1) is 4.92 Å². The average molecular weight is 355 g/mol. The normalized spacial score (nSPS) is 15.9. The minimum atomic E-state index is -3.71. The maximum absolute atomic E-state index is 11.9. The van der Waals surface area contributed by atoms with Crippen LogP contribution in [0, 0.1) is 10.1 Å². The van der Waals surface area contributed by atoms with Gasteiger partial charge in [0.25, 0.3) is 5.69 Å². The number of hydrogen-bond acceptors (Lipinski definition) is 6. The molecule has 1 amide bonds. The lowest BCUT2D eigenvalue weighted by Gasteiger charge is -2.24. The zero-order chi connectivity index (χ0) is 17.9. The maximum Gasteiger partial charge on any atom is 0.288 e. The first-order valence-electron chi connectivity index (χ1n) is 7.75. The Labute approximate surface area is 141 Å².